The van der Waals surface area contributed by atoms with Crippen LogP contribution in [-0.2, 0) is 20.5 Å². The fourth-order valence-electron chi connectivity index (χ4n) is 14.5. The molecule has 15 rings (SSSR count). The molecule has 11 aromatic carbocycles. The first-order valence-electron chi connectivity index (χ1n) is 35.9. The van der Waals surface area contributed by atoms with E-state index in [4.69, 9.17) is 28.9 Å². The van der Waals surface area contributed by atoms with Crippen molar-refractivity contribution in [2.75, 3.05) is 0 Å². The summed E-state index contributed by atoms with van der Waals surface area (Å²) >= 11 is 7.26. The molecule has 15 aromatic rings. The molecule has 0 aliphatic rings. The van der Waals surface area contributed by atoms with Crippen molar-refractivity contribution in [2.24, 2.45) is 0 Å². The third kappa shape index (κ3) is 21.4. The molecule has 4 heterocycles. The summed E-state index contributed by atoms with van der Waals surface area (Å²) in [7, 11) is -1.33. The molecule has 0 saturated carbocycles. The number of aromatic nitrogens is 6. The van der Waals surface area contributed by atoms with Crippen molar-refractivity contribution in [3.8, 4) is 79.4 Å². The van der Waals surface area contributed by atoms with E-state index in [1.807, 2.05) is 36.4 Å². The van der Waals surface area contributed by atoms with Gasteiger partial charge in [0.2, 0.25) is 23.6 Å². The maximum absolute atomic E-state index is 8.64. The molecule has 0 saturated heterocycles. The van der Waals surface area contributed by atoms with Crippen molar-refractivity contribution in [2.45, 2.75) is 130 Å². The number of rotatable bonds is 10. The maximum Gasteiger partial charge on any atom is 1.00 e. The van der Waals surface area contributed by atoms with Gasteiger partial charge in [-0.15, -0.1) is 20.4 Å². The first-order valence-corrected chi connectivity index (χ1v) is 38.8. The quantitative estimate of drug-likeness (QED) is 0.0438. The third-order valence-corrected chi connectivity index (χ3v) is 23.4. The van der Waals surface area contributed by atoms with Gasteiger partial charge >= 0.3 is 110 Å². The molecule has 0 aliphatic heterocycles. The normalized spacial score (nSPS) is 11.6. The molecule has 0 radical (unpaired) electrons. The summed E-state index contributed by atoms with van der Waals surface area (Å²) in [6.45, 7) is 34.5. The minimum absolute atomic E-state index is 0. The number of halogens is 2. The first kappa shape index (κ1) is 87.3. The minimum Gasteiger partial charge on any atom is -1.00 e. The van der Waals surface area contributed by atoms with Crippen LogP contribution in [0.2, 0.25) is 0 Å². The van der Waals surface area contributed by atoms with E-state index in [0.29, 0.717) is 44.5 Å². The van der Waals surface area contributed by atoms with Crippen LogP contribution in [0, 0.1) is 0 Å². The van der Waals surface area contributed by atoms with E-state index >= 15 is 0 Å². The molecular weight excluding hydrogens is 1570 g/mol. The SMILES string of the molecule is CC(C)(C)P(C(C)(C)C)C(C)(C)C.CC(C)(C)c1ccc(-c2nnc(-c3cccc(-n4c5ccc(-c6ccccc6)cc5c5cc(-c6ccccc6)ccc54)c3)o2)cc1.CC(C)(C)c1ccc(-c2nnc(-c3cccc(-n4c5ccc(Br)cc5c5cc(Br)ccc54)c3)o2)cc1.O=CO[O-].OB(O)c1ccccc1.[H-].[K+].[K+]. The number of hydrogen-bond acceptors (Lipinski definition) is 11. The average Bonchev–Trinajstić information content (AvgIpc) is 1.61. The van der Waals surface area contributed by atoms with E-state index in [2.05, 4.69) is 370 Å². The Morgan fingerprint density at radius 1 is 0.382 bits per heavy atom. The Morgan fingerprint density at radius 2 is 0.673 bits per heavy atom. The van der Waals surface area contributed by atoms with Crippen molar-refractivity contribution >= 4 is 102 Å². The largest absolute Gasteiger partial charge is 1.00 e. The van der Waals surface area contributed by atoms with Gasteiger partial charge in [0, 0.05) is 64.1 Å². The predicted molar refractivity (Wildman–Crippen MR) is 453 cm³/mol. The first-order chi connectivity index (χ1) is 51.3. The van der Waals surface area contributed by atoms with Gasteiger partial charge in [0.25, 0.3) is 6.47 Å². The second kappa shape index (κ2) is 37.6. The molecule has 0 fully saturated rings. The van der Waals surface area contributed by atoms with Crippen LogP contribution in [0.15, 0.2) is 279 Å². The zero-order valence-electron chi connectivity index (χ0n) is 66.8. The zero-order chi connectivity index (χ0) is 77.5. The Bertz CT molecular complexity index is 5390. The maximum atomic E-state index is 8.64. The molecule has 2 N–H and O–H groups in total. The van der Waals surface area contributed by atoms with E-state index in [-0.39, 0.29) is 129 Å². The molecule has 110 heavy (non-hydrogen) atoms. The van der Waals surface area contributed by atoms with Crippen molar-refractivity contribution in [1.82, 2.24) is 29.5 Å². The number of hydrogen-bond donors (Lipinski definition) is 2. The minimum atomic E-state index is -1.34. The molecule has 0 unspecified atom stereocenters. The van der Waals surface area contributed by atoms with Gasteiger partial charge in [-0.25, -0.2) is 0 Å². The van der Waals surface area contributed by atoms with Gasteiger partial charge in [0.1, 0.15) is 0 Å². The van der Waals surface area contributed by atoms with Gasteiger partial charge in [0.05, 0.1) is 22.1 Å². The smallest absolute Gasteiger partial charge is 1.00 e. The molecule has 13 nitrogen and oxygen atoms in total. The van der Waals surface area contributed by atoms with E-state index < -0.39 is 7.12 Å². The van der Waals surface area contributed by atoms with Crippen molar-refractivity contribution < 1.29 is 138 Å². The number of fused-ring (bicyclic) bond motifs is 6. The second-order valence-electron chi connectivity index (χ2n) is 31.6. The molecule has 0 amide bonds. The van der Waals surface area contributed by atoms with E-state index in [0.717, 1.165) is 64.6 Å². The molecule has 552 valence electrons. The molecule has 0 atom stereocenters. The van der Waals surface area contributed by atoms with Gasteiger partial charge in [0.15, 0.2) is 0 Å². The Hall–Kier alpha value is -6.62. The van der Waals surface area contributed by atoms with Crippen LogP contribution in [0.3, 0.4) is 0 Å². The molecule has 4 aromatic heterocycles. The monoisotopic (exact) mass is 1660 g/mol. The van der Waals surface area contributed by atoms with Gasteiger partial charge in [-0.2, -0.15) is 0 Å². The van der Waals surface area contributed by atoms with Crippen LogP contribution in [0.5, 0.6) is 0 Å². The van der Waals surface area contributed by atoms with Crippen LogP contribution in [0.25, 0.3) is 123 Å². The predicted octanol–water partition coefficient (Wildman–Crippen LogP) is 17.2. The summed E-state index contributed by atoms with van der Waals surface area (Å²) < 4.78 is 19.1. The Labute approximate surface area is 751 Å². The number of benzene rings is 11. The van der Waals surface area contributed by atoms with E-state index in [1.165, 1.54) is 54.9 Å². The number of carbonyl (C=O) groups is 1. The van der Waals surface area contributed by atoms with Gasteiger partial charge in [-0.05, 0) is 186 Å². The molecule has 0 spiro atoms. The van der Waals surface area contributed by atoms with Crippen LogP contribution in [0.1, 0.15) is 116 Å². The van der Waals surface area contributed by atoms with E-state index in [1.54, 1.807) is 24.3 Å². The molecule has 0 aliphatic carbocycles. The fourth-order valence-corrected chi connectivity index (χ4v) is 21.3. The van der Waals surface area contributed by atoms with Gasteiger partial charge < -0.3 is 39.6 Å². The van der Waals surface area contributed by atoms with Crippen LogP contribution in [0.4, 0.5) is 0 Å². The van der Waals surface area contributed by atoms with E-state index in [9.17, 15) is 0 Å². The Kier molecular flexibility index (Phi) is 29.8. The summed E-state index contributed by atoms with van der Waals surface area (Å²) in [4.78, 5) is 11.2. The fraction of sp³-hybridized carbons (Fsp3) is 0.220. The average molecular weight is 1660 g/mol. The van der Waals surface area contributed by atoms with Crippen LogP contribution in [-0.4, -0.2) is 68.6 Å². The second-order valence-corrected chi connectivity index (χ2v) is 38.1. The molecule has 0 bridgehead atoms. The van der Waals surface area contributed by atoms with Crippen molar-refractivity contribution in [1.29, 1.82) is 0 Å². The Morgan fingerprint density at radius 3 is 0.964 bits per heavy atom. The number of nitrogens with zero attached hydrogens (tertiary/aromatic N) is 6. The number of carbonyl (C=O) groups excluding carboxylic acids is 1. The van der Waals surface area contributed by atoms with Gasteiger partial charge in [-0.3, -0.25) is 4.79 Å². The standard InChI is InChI=1S/C42H33N3O.C30H23Br2N3O.C12H27P.C6H7BO2.CH2O3.2K.H/c1-42(2,3)34-21-17-30(18-22-34)40-43-44-41(46-40)33-15-10-16-35(25-33)45-38-23-19-31(28-11-6-4-7-12-28)26-36(38)37-27-32(20-24-39(37)45)29-13-8-5-9-14-29;1-30(2,3)20-9-7-18(8-10-20)28-33-34-29(36-28)19-5-4-6-23(15-19)35-26-13-11-21(31)16-24(26)25-17-22(32)12-14-27(25)35;1-10(2,3)13(11(4,5)6)12(7,8)9;8-7(9)6-4-2-1-3-5-6;2-1-4-3;;;/h4-27H,1-3H3;4-17H,1-3H3;1-9H3;1-5,8-9H;1,3H;;;/q;;;;;2*+1;-1/p-1. The van der Waals surface area contributed by atoms with Crippen molar-refractivity contribution in [3.63, 3.8) is 0 Å². The van der Waals surface area contributed by atoms with Crippen LogP contribution >= 0.6 is 39.8 Å². The summed E-state index contributed by atoms with van der Waals surface area (Å²) in [5, 5.41) is 49.3. The topological polar surface area (TPSA) is 178 Å². The zero-order valence-corrected chi connectivity index (χ0v) is 76.1. The summed E-state index contributed by atoms with van der Waals surface area (Å²) in [6.07, 6.45) is 0. The van der Waals surface area contributed by atoms with Gasteiger partial charge in [-0.1, -0.05) is 283 Å². The third-order valence-electron chi connectivity index (χ3n) is 18.4. The molecule has 19 heteroatoms. The summed E-state index contributed by atoms with van der Waals surface area (Å²) in [5.74, 6) is 2.02. The van der Waals surface area contributed by atoms with Crippen molar-refractivity contribution in [3.05, 3.63) is 281 Å². The Balaban J connectivity index is 0.000000210. The summed E-state index contributed by atoms with van der Waals surface area (Å²) in [6, 6.07) is 89.4. The van der Waals surface area contributed by atoms with Crippen LogP contribution < -0.4 is 113 Å². The molecular formula is C91H92BBr2K2N6O7P. The summed E-state index contributed by atoms with van der Waals surface area (Å²) in [5.41, 5.74) is 18.2.